The molecule has 0 spiro atoms. The Labute approximate surface area is 207 Å². The van der Waals surface area contributed by atoms with Gasteiger partial charge >= 0.3 is 0 Å². The second kappa shape index (κ2) is 8.90. The van der Waals surface area contributed by atoms with Gasteiger partial charge in [0.25, 0.3) is 11.8 Å². The third-order valence-corrected chi connectivity index (χ3v) is 7.73. The third-order valence-electron chi connectivity index (χ3n) is 6.97. The number of amides is 2. The molecular formula is C26H26N6O2S. The average Bonchev–Trinajstić information content (AvgIpc) is 3.53. The Bertz CT molecular complexity index is 1380. The molecular weight excluding hydrogens is 460 g/mol. The molecule has 0 saturated carbocycles. The summed E-state index contributed by atoms with van der Waals surface area (Å²) in [5.74, 6) is 0.966. The van der Waals surface area contributed by atoms with Crippen LogP contribution in [0.1, 0.15) is 25.7 Å². The van der Waals surface area contributed by atoms with Crippen LogP contribution in [-0.4, -0.2) is 86.4 Å². The number of piperazine rings is 1. The molecule has 6 rings (SSSR count). The highest BCUT2D eigenvalue weighted by atomic mass is 32.1. The van der Waals surface area contributed by atoms with E-state index >= 15 is 0 Å². The molecule has 0 atom stereocenters. The summed E-state index contributed by atoms with van der Waals surface area (Å²) < 4.78 is 2.05. The van der Waals surface area contributed by atoms with Gasteiger partial charge in [-0.05, 0) is 48.9 Å². The van der Waals surface area contributed by atoms with Gasteiger partial charge in [0.05, 0.1) is 5.52 Å². The molecule has 178 valence electrons. The van der Waals surface area contributed by atoms with Crippen molar-refractivity contribution in [1.82, 2.24) is 29.2 Å². The van der Waals surface area contributed by atoms with Crippen LogP contribution in [0.2, 0.25) is 0 Å². The Kier molecular flexibility index (Phi) is 5.58. The number of likely N-dealkylation sites (tertiary alicyclic amines) is 1. The van der Waals surface area contributed by atoms with Crippen molar-refractivity contribution in [3.05, 3.63) is 76.5 Å². The Morgan fingerprint density at radius 1 is 0.914 bits per heavy atom. The first-order chi connectivity index (χ1) is 17.1. The highest BCUT2D eigenvalue weighted by Gasteiger charge is 2.37. The lowest BCUT2D eigenvalue weighted by atomic mass is 10.0. The van der Waals surface area contributed by atoms with Crippen molar-refractivity contribution >= 4 is 34.1 Å². The molecule has 4 aromatic rings. The van der Waals surface area contributed by atoms with Gasteiger partial charge < -0.3 is 14.4 Å². The minimum absolute atomic E-state index is 0.0208. The first-order valence-corrected chi connectivity index (χ1v) is 12.7. The second-order valence-electron chi connectivity index (χ2n) is 9.18. The molecule has 1 aromatic carbocycles. The van der Waals surface area contributed by atoms with Crippen LogP contribution in [0.3, 0.4) is 0 Å². The van der Waals surface area contributed by atoms with E-state index in [1.807, 2.05) is 64.0 Å². The quantitative estimate of drug-likeness (QED) is 0.443. The average molecular weight is 487 g/mol. The fraction of sp³-hybridized carbons (Fsp3) is 0.308. The third kappa shape index (κ3) is 4.11. The summed E-state index contributed by atoms with van der Waals surface area (Å²) >= 11 is 1.39. The van der Waals surface area contributed by atoms with Gasteiger partial charge in [0, 0.05) is 80.2 Å². The van der Waals surface area contributed by atoms with Crippen molar-refractivity contribution in [3.63, 3.8) is 0 Å². The van der Waals surface area contributed by atoms with Gasteiger partial charge in [-0.25, -0.2) is 9.97 Å². The van der Waals surface area contributed by atoms with Gasteiger partial charge in [-0.2, -0.15) is 0 Å². The van der Waals surface area contributed by atoms with E-state index in [0.29, 0.717) is 29.7 Å². The minimum Gasteiger partial charge on any atom is -0.335 e. The van der Waals surface area contributed by atoms with Crippen LogP contribution in [0.15, 0.2) is 60.4 Å². The van der Waals surface area contributed by atoms with Crippen molar-refractivity contribution in [1.29, 1.82) is 0 Å². The van der Waals surface area contributed by atoms with Gasteiger partial charge in [-0.3, -0.25) is 14.5 Å². The standard InChI is InChI=1S/C26H26N6O2S/c1-18-4-6-27-23(14-18)32-8-5-19-15-20(2-3-22(19)32)25(33)31-16-21(17-31)29-9-11-30(12-10-29)26(34)24-28-7-13-35-24/h2-8,13-15,21H,9-12,16-17H2,1H3. The summed E-state index contributed by atoms with van der Waals surface area (Å²) in [6.45, 7) is 6.57. The predicted octanol–water partition coefficient (Wildman–Crippen LogP) is 3.07. The van der Waals surface area contributed by atoms with Crippen LogP contribution in [0.25, 0.3) is 16.7 Å². The van der Waals surface area contributed by atoms with E-state index in [2.05, 4.69) is 26.4 Å². The van der Waals surface area contributed by atoms with Crippen molar-refractivity contribution in [2.45, 2.75) is 13.0 Å². The normalized spacial score (nSPS) is 17.1. The lowest BCUT2D eigenvalue weighted by molar-refractivity contribution is 0.00854. The number of aryl methyl sites for hydroxylation is 1. The van der Waals surface area contributed by atoms with E-state index in [0.717, 1.165) is 48.5 Å². The molecule has 2 saturated heterocycles. The second-order valence-corrected chi connectivity index (χ2v) is 10.1. The van der Waals surface area contributed by atoms with E-state index in [1.165, 1.54) is 11.3 Å². The predicted molar refractivity (Wildman–Crippen MR) is 135 cm³/mol. The summed E-state index contributed by atoms with van der Waals surface area (Å²) in [4.78, 5) is 40.4. The van der Waals surface area contributed by atoms with Crippen molar-refractivity contribution < 1.29 is 9.59 Å². The number of hydrogen-bond acceptors (Lipinski definition) is 6. The molecule has 0 radical (unpaired) electrons. The summed E-state index contributed by atoms with van der Waals surface area (Å²) in [6, 6.07) is 12.3. The molecule has 2 aliphatic heterocycles. The number of carbonyl (C=O) groups is 2. The van der Waals surface area contributed by atoms with E-state index < -0.39 is 0 Å². The minimum atomic E-state index is 0.0208. The maximum atomic E-state index is 13.1. The maximum Gasteiger partial charge on any atom is 0.282 e. The largest absolute Gasteiger partial charge is 0.335 e. The fourth-order valence-electron chi connectivity index (χ4n) is 4.92. The molecule has 5 heterocycles. The van der Waals surface area contributed by atoms with Crippen LogP contribution in [0.4, 0.5) is 0 Å². The first kappa shape index (κ1) is 21.9. The fourth-order valence-corrected chi connectivity index (χ4v) is 5.52. The smallest absolute Gasteiger partial charge is 0.282 e. The zero-order valence-corrected chi connectivity index (χ0v) is 20.3. The van der Waals surface area contributed by atoms with Gasteiger partial charge in [-0.15, -0.1) is 11.3 Å². The molecule has 0 N–H and O–H groups in total. The maximum absolute atomic E-state index is 13.1. The first-order valence-electron chi connectivity index (χ1n) is 11.8. The molecule has 2 amide bonds. The number of hydrogen-bond donors (Lipinski definition) is 0. The van der Waals surface area contributed by atoms with Crippen molar-refractivity contribution in [2.24, 2.45) is 0 Å². The highest BCUT2D eigenvalue weighted by molar-refractivity contribution is 7.11. The number of carbonyl (C=O) groups excluding carboxylic acids is 2. The summed E-state index contributed by atoms with van der Waals surface area (Å²) in [5.41, 5.74) is 2.90. The molecule has 2 aliphatic rings. The van der Waals surface area contributed by atoms with Crippen LogP contribution in [-0.2, 0) is 0 Å². The molecule has 8 nitrogen and oxygen atoms in total. The number of benzene rings is 1. The summed E-state index contributed by atoms with van der Waals surface area (Å²) in [7, 11) is 0. The van der Waals surface area contributed by atoms with E-state index in [1.54, 1.807) is 6.20 Å². The highest BCUT2D eigenvalue weighted by Crippen LogP contribution is 2.25. The number of rotatable bonds is 4. The Morgan fingerprint density at radius 3 is 2.49 bits per heavy atom. The Balaban J connectivity index is 1.07. The number of nitrogens with zero attached hydrogens (tertiary/aromatic N) is 6. The van der Waals surface area contributed by atoms with Crippen LogP contribution in [0, 0.1) is 6.92 Å². The molecule has 2 fully saturated rings. The van der Waals surface area contributed by atoms with Crippen molar-refractivity contribution in [2.75, 3.05) is 39.3 Å². The molecule has 9 heteroatoms. The van der Waals surface area contributed by atoms with Gasteiger partial charge in [0.2, 0.25) is 0 Å². The molecule has 0 aliphatic carbocycles. The number of thiazole rings is 1. The van der Waals surface area contributed by atoms with Gasteiger partial charge in [0.1, 0.15) is 5.82 Å². The van der Waals surface area contributed by atoms with E-state index in [9.17, 15) is 9.59 Å². The Hall–Kier alpha value is -3.56. The van der Waals surface area contributed by atoms with Crippen LogP contribution in [0.5, 0.6) is 0 Å². The zero-order chi connectivity index (χ0) is 23.9. The summed E-state index contributed by atoms with van der Waals surface area (Å²) in [6.07, 6.45) is 5.48. The topological polar surface area (TPSA) is 74.6 Å². The monoisotopic (exact) mass is 486 g/mol. The number of fused-ring (bicyclic) bond motifs is 1. The SMILES string of the molecule is Cc1ccnc(-n2ccc3cc(C(=O)N4CC(N5CCN(C(=O)c6nccs6)CC5)C4)ccc32)c1. The molecule has 0 bridgehead atoms. The van der Waals surface area contributed by atoms with Crippen LogP contribution < -0.4 is 0 Å². The number of pyridine rings is 1. The Morgan fingerprint density at radius 2 is 1.74 bits per heavy atom. The van der Waals surface area contributed by atoms with E-state index in [-0.39, 0.29) is 11.8 Å². The molecule has 35 heavy (non-hydrogen) atoms. The lowest BCUT2D eigenvalue weighted by Crippen LogP contribution is -2.64. The van der Waals surface area contributed by atoms with E-state index in [4.69, 9.17) is 0 Å². The van der Waals surface area contributed by atoms with Gasteiger partial charge in [0.15, 0.2) is 5.01 Å². The van der Waals surface area contributed by atoms with Gasteiger partial charge in [-0.1, -0.05) is 0 Å². The summed E-state index contributed by atoms with van der Waals surface area (Å²) in [5, 5.41) is 3.41. The van der Waals surface area contributed by atoms with Crippen molar-refractivity contribution in [3.8, 4) is 5.82 Å². The van der Waals surface area contributed by atoms with Crippen LogP contribution >= 0.6 is 11.3 Å². The zero-order valence-electron chi connectivity index (χ0n) is 19.5. The lowest BCUT2D eigenvalue weighted by Gasteiger charge is -2.48. The molecule has 0 unspecified atom stereocenters. The molecule has 3 aromatic heterocycles. The number of aromatic nitrogens is 3.